The second-order valence-corrected chi connectivity index (χ2v) is 4.77. The lowest BCUT2D eigenvalue weighted by Gasteiger charge is -2.11. The Hall–Kier alpha value is -1.26. The second-order valence-electron chi connectivity index (χ2n) is 3.90. The van der Waals surface area contributed by atoms with E-state index in [2.05, 4.69) is 10.6 Å². The van der Waals surface area contributed by atoms with Crippen LogP contribution >= 0.6 is 23.2 Å². The van der Waals surface area contributed by atoms with Gasteiger partial charge in [-0.25, -0.2) is 0 Å². The van der Waals surface area contributed by atoms with E-state index >= 15 is 0 Å². The van der Waals surface area contributed by atoms with Crippen LogP contribution in [-0.4, -0.2) is 17.9 Å². The molecule has 1 rings (SSSR count). The highest BCUT2D eigenvalue weighted by Gasteiger charge is 2.15. The van der Waals surface area contributed by atoms with Crippen molar-refractivity contribution in [2.24, 2.45) is 0 Å². The molecule has 0 aliphatic rings. The third kappa shape index (κ3) is 4.55. The number of carbonyl (C=O) groups is 2. The normalized spacial score (nSPS) is 11.8. The van der Waals surface area contributed by atoms with Gasteiger partial charge in [0.15, 0.2) is 0 Å². The number of halogens is 2. The first-order valence-electron chi connectivity index (χ1n) is 5.50. The summed E-state index contributed by atoms with van der Waals surface area (Å²) in [6.07, 6.45) is 0.752. The van der Waals surface area contributed by atoms with Gasteiger partial charge in [-0.05, 0) is 31.5 Å². The largest absolute Gasteiger partial charge is 0.345 e. The molecule has 18 heavy (non-hydrogen) atoms. The summed E-state index contributed by atoms with van der Waals surface area (Å²) in [5, 5.41) is 5.77. The molecule has 1 aromatic rings. The molecule has 0 unspecified atom stereocenters. The first kappa shape index (κ1) is 14.8. The van der Waals surface area contributed by atoms with E-state index in [4.69, 9.17) is 23.2 Å². The molecule has 2 N–H and O–H groups in total. The Morgan fingerprint density at radius 2 is 1.72 bits per heavy atom. The standard InChI is InChI=1S/C12H14Cl2N2O2/c1-3-7(2)15-11(17)12(18)16-10-5-8(13)4-9(14)6-10/h4-7H,3H2,1-2H3,(H,15,17)(H,16,18)/t7-/m0/s1. The van der Waals surface area contributed by atoms with Gasteiger partial charge in [0.2, 0.25) is 0 Å². The summed E-state index contributed by atoms with van der Waals surface area (Å²) in [6, 6.07) is 4.52. The average molecular weight is 289 g/mol. The Balaban J connectivity index is 2.66. The van der Waals surface area contributed by atoms with Gasteiger partial charge < -0.3 is 10.6 Å². The van der Waals surface area contributed by atoms with Crippen LogP contribution in [0.25, 0.3) is 0 Å². The smallest absolute Gasteiger partial charge is 0.313 e. The summed E-state index contributed by atoms with van der Waals surface area (Å²) in [5.74, 6) is -1.42. The molecule has 0 aromatic heterocycles. The zero-order valence-electron chi connectivity index (χ0n) is 10.1. The highest BCUT2D eigenvalue weighted by molar-refractivity contribution is 6.40. The molecule has 0 saturated heterocycles. The summed E-state index contributed by atoms with van der Waals surface area (Å²) in [6.45, 7) is 3.74. The Morgan fingerprint density at radius 3 is 2.22 bits per heavy atom. The summed E-state index contributed by atoms with van der Waals surface area (Å²) in [7, 11) is 0. The monoisotopic (exact) mass is 288 g/mol. The number of anilines is 1. The number of carbonyl (C=O) groups excluding carboxylic acids is 2. The lowest BCUT2D eigenvalue weighted by atomic mass is 10.2. The predicted molar refractivity (Wildman–Crippen MR) is 73.0 cm³/mol. The van der Waals surface area contributed by atoms with Crippen LogP contribution < -0.4 is 10.6 Å². The molecule has 0 fully saturated rings. The van der Waals surface area contributed by atoms with E-state index in [1.54, 1.807) is 0 Å². The van der Waals surface area contributed by atoms with E-state index in [1.165, 1.54) is 18.2 Å². The van der Waals surface area contributed by atoms with Crippen LogP contribution in [0.15, 0.2) is 18.2 Å². The van der Waals surface area contributed by atoms with Crippen LogP contribution in [0, 0.1) is 0 Å². The molecule has 0 heterocycles. The minimum absolute atomic E-state index is 0.0498. The molecule has 1 aromatic carbocycles. The van der Waals surface area contributed by atoms with Crippen molar-refractivity contribution in [1.29, 1.82) is 0 Å². The van der Waals surface area contributed by atoms with Gasteiger partial charge in [-0.15, -0.1) is 0 Å². The zero-order valence-corrected chi connectivity index (χ0v) is 11.6. The van der Waals surface area contributed by atoms with Crippen molar-refractivity contribution in [3.05, 3.63) is 28.2 Å². The van der Waals surface area contributed by atoms with Crippen LogP contribution in [0.2, 0.25) is 10.0 Å². The Morgan fingerprint density at radius 1 is 1.17 bits per heavy atom. The number of amides is 2. The van der Waals surface area contributed by atoms with Gasteiger partial charge in [0, 0.05) is 21.8 Å². The molecule has 6 heteroatoms. The van der Waals surface area contributed by atoms with Crippen LogP contribution in [0.4, 0.5) is 5.69 Å². The lowest BCUT2D eigenvalue weighted by Crippen LogP contribution is -2.40. The van der Waals surface area contributed by atoms with Crippen LogP contribution in [-0.2, 0) is 9.59 Å². The highest BCUT2D eigenvalue weighted by atomic mass is 35.5. The van der Waals surface area contributed by atoms with Gasteiger partial charge in [0.1, 0.15) is 0 Å². The maximum Gasteiger partial charge on any atom is 0.313 e. The van der Waals surface area contributed by atoms with Crippen molar-refractivity contribution in [2.45, 2.75) is 26.3 Å². The first-order chi connectivity index (χ1) is 8.42. The molecule has 0 aliphatic carbocycles. The van der Waals surface area contributed by atoms with E-state index < -0.39 is 11.8 Å². The van der Waals surface area contributed by atoms with Gasteiger partial charge in [-0.1, -0.05) is 30.1 Å². The molecule has 4 nitrogen and oxygen atoms in total. The van der Waals surface area contributed by atoms with E-state index in [-0.39, 0.29) is 6.04 Å². The van der Waals surface area contributed by atoms with Crippen molar-refractivity contribution in [3.63, 3.8) is 0 Å². The maximum atomic E-state index is 11.6. The third-order valence-electron chi connectivity index (χ3n) is 2.32. The summed E-state index contributed by atoms with van der Waals surface area (Å²) in [5.41, 5.74) is 0.386. The molecule has 2 amide bonds. The summed E-state index contributed by atoms with van der Waals surface area (Å²) >= 11 is 11.6. The van der Waals surface area contributed by atoms with Gasteiger partial charge in [0.25, 0.3) is 0 Å². The van der Waals surface area contributed by atoms with Crippen molar-refractivity contribution >= 4 is 40.7 Å². The maximum absolute atomic E-state index is 11.6. The Labute approximate surface area is 116 Å². The average Bonchev–Trinajstić information content (AvgIpc) is 2.27. The molecule has 0 saturated carbocycles. The van der Waals surface area contributed by atoms with Crippen LogP contribution in [0.1, 0.15) is 20.3 Å². The zero-order chi connectivity index (χ0) is 13.7. The minimum Gasteiger partial charge on any atom is -0.345 e. The SMILES string of the molecule is CC[C@H](C)NC(=O)C(=O)Nc1cc(Cl)cc(Cl)c1. The van der Waals surface area contributed by atoms with Crippen molar-refractivity contribution in [3.8, 4) is 0 Å². The number of rotatable bonds is 3. The quantitative estimate of drug-likeness (QED) is 0.841. The number of hydrogen-bond donors (Lipinski definition) is 2. The topological polar surface area (TPSA) is 58.2 Å². The van der Waals surface area contributed by atoms with E-state index in [0.717, 1.165) is 6.42 Å². The number of nitrogens with one attached hydrogen (secondary N) is 2. The molecule has 0 aliphatic heterocycles. The fourth-order valence-corrected chi connectivity index (χ4v) is 1.73. The van der Waals surface area contributed by atoms with Crippen molar-refractivity contribution in [1.82, 2.24) is 5.32 Å². The predicted octanol–water partition coefficient (Wildman–Crippen LogP) is 2.85. The van der Waals surface area contributed by atoms with E-state index in [1.807, 2.05) is 13.8 Å². The molecule has 0 radical (unpaired) electrons. The van der Waals surface area contributed by atoms with Gasteiger partial charge >= 0.3 is 11.8 Å². The van der Waals surface area contributed by atoms with Gasteiger partial charge in [-0.2, -0.15) is 0 Å². The number of benzene rings is 1. The van der Waals surface area contributed by atoms with E-state index in [0.29, 0.717) is 15.7 Å². The fourth-order valence-electron chi connectivity index (χ4n) is 1.21. The molecule has 0 bridgehead atoms. The van der Waals surface area contributed by atoms with Crippen LogP contribution in [0.3, 0.4) is 0 Å². The van der Waals surface area contributed by atoms with Gasteiger partial charge in [-0.3, -0.25) is 9.59 Å². The van der Waals surface area contributed by atoms with Gasteiger partial charge in [0.05, 0.1) is 0 Å². The van der Waals surface area contributed by atoms with E-state index in [9.17, 15) is 9.59 Å². The molecular formula is C12H14Cl2N2O2. The number of hydrogen-bond acceptors (Lipinski definition) is 2. The minimum atomic E-state index is -0.742. The Kier molecular flexibility index (Phi) is 5.44. The molecular weight excluding hydrogens is 275 g/mol. The lowest BCUT2D eigenvalue weighted by molar-refractivity contribution is -0.136. The Bertz CT molecular complexity index is 443. The third-order valence-corrected chi connectivity index (χ3v) is 2.75. The summed E-state index contributed by atoms with van der Waals surface area (Å²) < 4.78 is 0. The fraction of sp³-hybridized carbons (Fsp3) is 0.333. The molecule has 0 spiro atoms. The first-order valence-corrected chi connectivity index (χ1v) is 6.26. The van der Waals surface area contributed by atoms with Crippen molar-refractivity contribution < 1.29 is 9.59 Å². The molecule has 98 valence electrons. The summed E-state index contributed by atoms with van der Waals surface area (Å²) in [4.78, 5) is 23.1. The highest BCUT2D eigenvalue weighted by Crippen LogP contribution is 2.22. The van der Waals surface area contributed by atoms with Crippen LogP contribution in [0.5, 0.6) is 0 Å². The van der Waals surface area contributed by atoms with Crippen molar-refractivity contribution in [2.75, 3.05) is 5.32 Å². The second kappa shape index (κ2) is 6.61. The molecule has 1 atom stereocenters.